The van der Waals surface area contributed by atoms with E-state index in [-0.39, 0.29) is 0 Å². The summed E-state index contributed by atoms with van der Waals surface area (Å²) in [4.78, 5) is 0. The molecule has 0 aliphatic heterocycles. The van der Waals surface area contributed by atoms with Crippen molar-refractivity contribution in [2.24, 2.45) is 5.73 Å². The van der Waals surface area contributed by atoms with Crippen LogP contribution in [-0.2, 0) is 0 Å². The Morgan fingerprint density at radius 1 is 1.00 bits per heavy atom. The van der Waals surface area contributed by atoms with Gasteiger partial charge in [-0.15, -0.1) is 6.58 Å². The van der Waals surface area contributed by atoms with Crippen LogP contribution in [0, 0.1) is 0 Å². The second-order valence-electron chi connectivity index (χ2n) is 2.46. The molecule has 0 aliphatic rings. The van der Waals surface area contributed by atoms with Crippen LogP contribution >= 0.6 is 0 Å². The maximum absolute atomic E-state index is 11.9. The standard InChI is InChI=1S/C6H7F6N/c1-2-3-4(13,5(7,8)9)6(10,11)12/h2H,1,3,13H2. The Balaban J connectivity index is 5.07. The van der Waals surface area contributed by atoms with E-state index < -0.39 is 24.3 Å². The highest BCUT2D eigenvalue weighted by molar-refractivity contribution is 5.02. The maximum Gasteiger partial charge on any atom is 0.415 e. The van der Waals surface area contributed by atoms with Crippen molar-refractivity contribution in [3.63, 3.8) is 0 Å². The molecule has 7 heteroatoms. The van der Waals surface area contributed by atoms with Gasteiger partial charge in [0.2, 0.25) is 5.54 Å². The predicted octanol–water partition coefficient (Wildman–Crippen LogP) is 2.38. The van der Waals surface area contributed by atoms with Crippen LogP contribution in [0.1, 0.15) is 6.42 Å². The highest BCUT2D eigenvalue weighted by Crippen LogP contribution is 2.43. The average Bonchev–Trinajstić information content (AvgIpc) is 1.82. The maximum atomic E-state index is 11.9. The lowest BCUT2D eigenvalue weighted by molar-refractivity contribution is -0.295. The third-order valence-electron chi connectivity index (χ3n) is 1.48. The number of nitrogens with two attached hydrogens (primary N) is 1. The molecule has 1 nitrogen and oxygen atoms in total. The number of halogens is 6. The average molecular weight is 207 g/mol. The van der Waals surface area contributed by atoms with Gasteiger partial charge in [0.15, 0.2) is 0 Å². The summed E-state index contributed by atoms with van der Waals surface area (Å²) in [6.07, 6.45) is -12.0. The molecule has 78 valence electrons. The van der Waals surface area contributed by atoms with E-state index in [1.807, 2.05) is 0 Å². The van der Waals surface area contributed by atoms with Crippen molar-refractivity contribution in [1.29, 1.82) is 0 Å². The summed E-state index contributed by atoms with van der Waals surface area (Å²) in [5, 5.41) is 0. The molecule has 0 spiro atoms. The topological polar surface area (TPSA) is 26.0 Å². The first-order valence-electron chi connectivity index (χ1n) is 3.09. The van der Waals surface area contributed by atoms with E-state index in [1.165, 1.54) is 0 Å². The fourth-order valence-electron chi connectivity index (χ4n) is 0.620. The van der Waals surface area contributed by atoms with Gasteiger partial charge >= 0.3 is 12.4 Å². The molecule has 0 fully saturated rings. The van der Waals surface area contributed by atoms with E-state index >= 15 is 0 Å². The Morgan fingerprint density at radius 3 is 1.38 bits per heavy atom. The lowest BCUT2D eigenvalue weighted by Gasteiger charge is -2.32. The first-order chi connectivity index (χ1) is 5.56. The van der Waals surface area contributed by atoms with Crippen molar-refractivity contribution in [3.8, 4) is 0 Å². The van der Waals surface area contributed by atoms with Gasteiger partial charge in [0.05, 0.1) is 0 Å². The molecule has 0 heterocycles. The van der Waals surface area contributed by atoms with Crippen LogP contribution < -0.4 is 5.73 Å². The molecule has 0 saturated heterocycles. The van der Waals surface area contributed by atoms with Gasteiger partial charge in [0, 0.05) is 6.42 Å². The molecule has 0 aromatic heterocycles. The third kappa shape index (κ3) is 2.15. The first kappa shape index (κ1) is 12.3. The minimum Gasteiger partial charge on any atom is -0.310 e. The van der Waals surface area contributed by atoms with Gasteiger partial charge in [0.1, 0.15) is 0 Å². The molecular weight excluding hydrogens is 200 g/mol. The summed E-state index contributed by atoms with van der Waals surface area (Å²) in [6.45, 7) is 2.79. The van der Waals surface area contributed by atoms with Gasteiger partial charge in [-0.3, -0.25) is 0 Å². The van der Waals surface area contributed by atoms with Crippen LogP contribution in [0.3, 0.4) is 0 Å². The molecule has 0 aliphatic carbocycles. The zero-order chi connectivity index (χ0) is 10.9. The molecule has 0 bridgehead atoms. The lowest BCUT2D eigenvalue weighted by Crippen LogP contribution is -2.63. The molecule has 0 radical (unpaired) electrons. The summed E-state index contributed by atoms with van der Waals surface area (Å²) in [6, 6.07) is 0. The molecule has 0 amide bonds. The summed E-state index contributed by atoms with van der Waals surface area (Å²) in [5.41, 5.74) is 0.0487. The number of hydrogen-bond donors (Lipinski definition) is 1. The molecule has 13 heavy (non-hydrogen) atoms. The molecule has 0 aromatic rings. The van der Waals surface area contributed by atoms with Gasteiger partial charge in [-0.2, -0.15) is 26.3 Å². The summed E-state index contributed by atoms with van der Waals surface area (Å²) < 4.78 is 71.4. The van der Waals surface area contributed by atoms with Crippen molar-refractivity contribution in [2.45, 2.75) is 24.3 Å². The minimum atomic E-state index is -5.53. The second-order valence-corrected chi connectivity index (χ2v) is 2.46. The zero-order valence-electron chi connectivity index (χ0n) is 6.34. The van der Waals surface area contributed by atoms with Crippen molar-refractivity contribution < 1.29 is 26.3 Å². The lowest BCUT2D eigenvalue weighted by atomic mass is 9.95. The summed E-state index contributed by atoms with van der Waals surface area (Å²) in [7, 11) is 0. The Bertz CT molecular complexity index is 176. The van der Waals surface area contributed by atoms with Gasteiger partial charge in [-0.1, -0.05) is 6.08 Å². The van der Waals surface area contributed by atoms with E-state index in [9.17, 15) is 26.3 Å². The second kappa shape index (κ2) is 3.21. The quantitative estimate of drug-likeness (QED) is 0.546. The Kier molecular flexibility index (Phi) is 3.03. The van der Waals surface area contributed by atoms with Gasteiger partial charge in [-0.25, -0.2) is 0 Å². The minimum absolute atomic E-state index is 0.487. The van der Waals surface area contributed by atoms with Crippen LogP contribution in [0.5, 0.6) is 0 Å². The van der Waals surface area contributed by atoms with Crippen LogP contribution in [0.2, 0.25) is 0 Å². The normalized spacial score (nSPS) is 14.4. The fourth-order valence-corrected chi connectivity index (χ4v) is 0.620. The number of hydrogen-bond acceptors (Lipinski definition) is 1. The predicted molar refractivity (Wildman–Crippen MR) is 33.8 cm³/mol. The molecular formula is C6H7F6N. The van der Waals surface area contributed by atoms with E-state index in [4.69, 9.17) is 0 Å². The Hall–Kier alpha value is -0.720. The van der Waals surface area contributed by atoms with Crippen molar-refractivity contribution in [3.05, 3.63) is 12.7 Å². The summed E-state index contributed by atoms with van der Waals surface area (Å²) >= 11 is 0. The third-order valence-corrected chi connectivity index (χ3v) is 1.48. The highest BCUT2D eigenvalue weighted by atomic mass is 19.4. The number of alkyl halides is 6. The van der Waals surface area contributed by atoms with Crippen molar-refractivity contribution in [1.82, 2.24) is 0 Å². The van der Waals surface area contributed by atoms with Crippen LogP contribution in [0.15, 0.2) is 12.7 Å². The monoisotopic (exact) mass is 207 g/mol. The van der Waals surface area contributed by atoms with Crippen LogP contribution in [0.4, 0.5) is 26.3 Å². The molecule has 0 unspecified atom stereocenters. The van der Waals surface area contributed by atoms with Crippen LogP contribution in [0.25, 0.3) is 0 Å². The molecule has 0 aromatic carbocycles. The van der Waals surface area contributed by atoms with Crippen molar-refractivity contribution >= 4 is 0 Å². The van der Waals surface area contributed by atoms with E-state index in [1.54, 1.807) is 0 Å². The molecule has 0 atom stereocenters. The zero-order valence-corrected chi connectivity index (χ0v) is 6.34. The van der Waals surface area contributed by atoms with Gasteiger partial charge in [-0.05, 0) is 0 Å². The van der Waals surface area contributed by atoms with E-state index in [0.29, 0.717) is 6.08 Å². The Morgan fingerprint density at radius 2 is 1.31 bits per heavy atom. The molecule has 2 N–H and O–H groups in total. The molecule has 0 saturated carbocycles. The van der Waals surface area contributed by atoms with Gasteiger partial charge < -0.3 is 5.73 Å². The SMILES string of the molecule is C=CCC(N)(C(F)(F)F)C(F)(F)F. The number of rotatable bonds is 2. The van der Waals surface area contributed by atoms with Crippen molar-refractivity contribution in [2.75, 3.05) is 0 Å². The largest absolute Gasteiger partial charge is 0.415 e. The van der Waals surface area contributed by atoms with Crippen LogP contribution in [-0.4, -0.2) is 17.9 Å². The smallest absolute Gasteiger partial charge is 0.310 e. The molecule has 0 rings (SSSR count). The van der Waals surface area contributed by atoms with E-state index in [0.717, 1.165) is 0 Å². The first-order valence-corrected chi connectivity index (χ1v) is 3.09. The fraction of sp³-hybridized carbons (Fsp3) is 0.667. The summed E-state index contributed by atoms with van der Waals surface area (Å²) in [5.74, 6) is 0. The van der Waals surface area contributed by atoms with Gasteiger partial charge in [0.25, 0.3) is 0 Å². The highest BCUT2D eigenvalue weighted by Gasteiger charge is 2.67. The van der Waals surface area contributed by atoms with E-state index in [2.05, 4.69) is 12.3 Å². The Labute approximate surface area is 70.2 Å².